The van der Waals surface area contributed by atoms with Crippen LogP contribution in [0.2, 0.25) is 0 Å². The van der Waals surface area contributed by atoms with Crippen molar-refractivity contribution >= 4 is 18.3 Å². The van der Waals surface area contributed by atoms with Crippen LogP contribution in [0.3, 0.4) is 0 Å². The molecule has 24 heavy (non-hydrogen) atoms. The predicted octanol–water partition coefficient (Wildman–Crippen LogP) is 4.12. The van der Waals surface area contributed by atoms with Crippen molar-refractivity contribution in [2.75, 3.05) is 0 Å². The highest BCUT2D eigenvalue weighted by Crippen LogP contribution is 2.27. The smallest absolute Gasteiger partial charge is 0.220 e. The molecule has 0 aromatic heterocycles. The van der Waals surface area contributed by atoms with Crippen molar-refractivity contribution in [1.29, 1.82) is 0 Å². The zero-order valence-electron chi connectivity index (χ0n) is 15.0. The van der Waals surface area contributed by atoms with Crippen molar-refractivity contribution in [2.45, 2.75) is 82.8 Å². The molecule has 0 spiro atoms. The number of nitrogens with one attached hydrogen (secondary N) is 2. The van der Waals surface area contributed by atoms with Gasteiger partial charge in [0.1, 0.15) is 0 Å². The lowest BCUT2D eigenvalue weighted by molar-refractivity contribution is -0.122. The predicted molar refractivity (Wildman–Crippen MR) is 102 cm³/mol. The van der Waals surface area contributed by atoms with Crippen LogP contribution in [0.5, 0.6) is 0 Å². The lowest BCUT2D eigenvalue weighted by Gasteiger charge is -2.30. The van der Waals surface area contributed by atoms with Gasteiger partial charge >= 0.3 is 0 Å². The minimum Gasteiger partial charge on any atom is -0.353 e. The van der Waals surface area contributed by atoms with Crippen LogP contribution in [0.1, 0.15) is 75.8 Å². The standard InChI is InChI=1S/C20H30N2O.ClH/c1-13(2)15-4-6-16(7-5-15)14(3)10-20(23)22-19-11-17-8-9-18(12-19)21-17;/h4-7,13-14,17-19,21H,8-12H2,1-3H3,(H,22,23);1H. The number of hydrogen-bond donors (Lipinski definition) is 2. The highest BCUT2D eigenvalue weighted by molar-refractivity contribution is 5.85. The molecule has 2 bridgehead atoms. The lowest BCUT2D eigenvalue weighted by Crippen LogP contribution is -2.48. The molecule has 2 aliphatic heterocycles. The molecule has 1 aromatic rings. The minimum atomic E-state index is 0. The molecule has 3 nitrogen and oxygen atoms in total. The van der Waals surface area contributed by atoms with Crippen LogP contribution in [-0.4, -0.2) is 24.0 Å². The van der Waals surface area contributed by atoms with Gasteiger partial charge in [-0.1, -0.05) is 45.0 Å². The molecule has 2 fully saturated rings. The minimum absolute atomic E-state index is 0. The van der Waals surface area contributed by atoms with E-state index in [4.69, 9.17) is 0 Å². The van der Waals surface area contributed by atoms with E-state index in [1.165, 1.54) is 24.0 Å². The molecule has 134 valence electrons. The Bertz CT molecular complexity index is 531. The molecule has 2 heterocycles. The number of rotatable bonds is 5. The molecular formula is C20H31ClN2O. The molecular weight excluding hydrogens is 320 g/mol. The largest absolute Gasteiger partial charge is 0.353 e. The molecule has 4 heteroatoms. The number of hydrogen-bond acceptors (Lipinski definition) is 2. The first-order chi connectivity index (χ1) is 11.0. The first kappa shape index (κ1) is 19.3. The maximum Gasteiger partial charge on any atom is 0.220 e. The molecule has 2 saturated heterocycles. The maximum atomic E-state index is 12.4. The van der Waals surface area contributed by atoms with Gasteiger partial charge in [0.2, 0.25) is 5.91 Å². The fraction of sp³-hybridized carbons (Fsp3) is 0.650. The van der Waals surface area contributed by atoms with Gasteiger partial charge in [-0.2, -0.15) is 0 Å². The average molecular weight is 351 g/mol. The van der Waals surface area contributed by atoms with Crippen LogP contribution in [-0.2, 0) is 4.79 Å². The number of amides is 1. The summed E-state index contributed by atoms with van der Waals surface area (Å²) in [6.07, 6.45) is 5.32. The Kier molecular flexibility index (Phi) is 6.70. The summed E-state index contributed by atoms with van der Waals surface area (Å²) in [5.41, 5.74) is 2.62. The number of carbonyl (C=O) groups is 1. The number of benzene rings is 1. The third-order valence-electron chi connectivity index (χ3n) is 5.50. The second-order valence-electron chi connectivity index (χ2n) is 7.80. The number of halogens is 1. The third-order valence-corrected chi connectivity index (χ3v) is 5.50. The molecule has 3 rings (SSSR count). The van der Waals surface area contributed by atoms with Crippen molar-refractivity contribution < 1.29 is 4.79 Å². The van der Waals surface area contributed by atoms with Gasteiger partial charge in [0.15, 0.2) is 0 Å². The SMILES string of the molecule is CC(C)c1ccc(C(C)CC(=O)NC2CC3CCC(C2)N3)cc1.Cl. The molecule has 2 aliphatic rings. The van der Waals surface area contributed by atoms with Gasteiger partial charge in [-0.3, -0.25) is 4.79 Å². The number of carbonyl (C=O) groups excluding carboxylic acids is 1. The molecule has 3 unspecified atom stereocenters. The van der Waals surface area contributed by atoms with Crippen molar-refractivity contribution in [2.24, 2.45) is 0 Å². The van der Waals surface area contributed by atoms with E-state index in [2.05, 4.69) is 55.7 Å². The van der Waals surface area contributed by atoms with E-state index in [0.717, 1.165) is 12.8 Å². The van der Waals surface area contributed by atoms with Crippen LogP contribution in [0.15, 0.2) is 24.3 Å². The summed E-state index contributed by atoms with van der Waals surface area (Å²) < 4.78 is 0. The molecule has 2 N–H and O–H groups in total. The Morgan fingerprint density at radius 1 is 1.08 bits per heavy atom. The van der Waals surface area contributed by atoms with Gasteiger partial charge in [-0.15, -0.1) is 12.4 Å². The Morgan fingerprint density at radius 3 is 2.17 bits per heavy atom. The Labute approximate surface area is 152 Å². The van der Waals surface area contributed by atoms with Crippen LogP contribution in [0.25, 0.3) is 0 Å². The Hall–Kier alpha value is -1.06. The summed E-state index contributed by atoms with van der Waals surface area (Å²) in [5, 5.41) is 6.89. The molecule has 3 atom stereocenters. The normalized spacial score (nSPS) is 26.8. The third kappa shape index (κ3) is 4.73. The van der Waals surface area contributed by atoms with Gasteiger partial charge in [0, 0.05) is 24.5 Å². The number of piperidine rings is 1. The zero-order chi connectivity index (χ0) is 16.4. The van der Waals surface area contributed by atoms with Gasteiger partial charge in [0.25, 0.3) is 0 Å². The van der Waals surface area contributed by atoms with E-state index < -0.39 is 0 Å². The molecule has 1 aromatic carbocycles. The summed E-state index contributed by atoms with van der Waals surface area (Å²) in [7, 11) is 0. The average Bonchev–Trinajstić information content (AvgIpc) is 2.86. The van der Waals surface area contributed by atoms with Crippen molar-refractivity contribution in [1.82, 2.24) is 10.6 Å². The van der Waals surface area contributed by atoms with E-state index in [1.807, 2.05) is 0 Å². The fourth-order valence-corrected chi connectivity index (χ4v) is 4.07. The van der Waals surface area contributed by atoms with E-state index in [1.54, 1.807) is 0 Å². The van der Waals surface area contributed by atoms with E-state index in [9.17, 15) is 4.79 Å². The maximum absolute atomic E-state index is 12.4. The van der Waals surface area contributed by atoms with Crippen molar-refractivity contribution in [3.63, 3.8) is 0 Å². The summed E-state index contributed by atoms with van der Waals surface area (Å²) in [6, 6.07) is 10.4. The Morgan fingerprint density at radius 2 is 1.62 bits per heavy atom. The molecule has 1 amide bonds. The van der Waals surface area contributed by atoms with Crippen molar-refractivity contribution in [3.05, 3.63) is 35.4 Å². The summed E-state index contributed by atoms with van der Waals surface area (Å²) in [6.45, 7) is 6.56. The lowest BCUT2D eigenvalue weighted by atomic mass is 9.93. The Balaban J connectivity index is 0.00000208. The van der Waals surface area contributed by atoms with Crippen LogP contribution in [0, 0.1) is 0 Å². The molecule has 0 radical (unpaired) electrons. The van der Waals surface area contributed by atoms with Crippen LogP contribution >= 0.6 is 12.4 Å². The monoisotopic (exact) mass is 350 g/mol. The van der Waals surface area contributed by atoms with Gasteiger partial charge in [0.05, 0.1) is 0 Å². The second-order valence-corrected chi connectivity index (χ2v) is 7.80. The van der Waals surface area contributed by atoms with Gasteiger partial charge in [-0.05, 0) is 48.6 Å². The second kappa shape index (κ2) is 8.35. The summed E-state index contributed by atoms with van der Waals surface area (Å²) >= 11 is 0. The summed E-state index contributed by atoms with van der Waals surface area (Å²) in [5.74, 6) is 1.03. The van der Waals surface area contributed by atoms with Crippen molar-refractivity contribution in [3.8, 4) is 0 Å². The van der Waals surface area contributed by atoms with Gasteiger partial charge < -0.3 is 10.6 Å². The zero-order valence-corrected chi connectivity index (χ0v) is 15.9. The quantitative estimate of drug-likeness (QED) is 0.838. The highest BCUT2D eigenvalue weighted by atomic mass is 35.5. The van der Waals surface area contributed by atoms with E-state index in [-0.39, 0.29) is 24.2 Å². The number of fused-ring (bicyclic) bond motifs is 2. The van der Waals surface area contributed by atoms with E-state index >= 15 is 0 Å². The highest BCUT2D eigenvalue weighted by Gasteiger charge is 2.34. The first-order valence-corrected chi connectivity index (χ1v) is 9.16. The summed E-state index contributed by atoms with van der Waals surface area (Å²) in [4.78, 5) is 12.4. The molecule has 0 saturated carbocycles. The topological polar surface area (TPSA) is 41.1 Å². The van der Waals surface area contributed by atoms with Crippen LogP contribution in [0.4, 0.5) is 0 Å². The van der Waals surface area contributed by atoms with Crippen LogP contribution < -0.4 is 10.6 Å². The fourth-order valence-electron chi connectivity index (χ4n) is 4.07. The van der Waals surface area contributed by atoms with Gasteiger partial charge in [-0.25, -0.2) is 0 Å². The van der Waals surface area contributed by atoms with E-state index in [0.29, 0.717) is 30.5 Å². The molecule has 0 aliphatic carbocycles. The first-order valence-electron chi connectivity index (χ1n) is 9.16.